The average Bonchev–Trinajstić information content (AvgIpc) is 2.14. The SMILES string of the molecule is CCC(N)C(=O)NC(C)C(=O)OC.Cl. The first-order valence-corrected chi connectivity index (χ1v) is 4.16. The van der Waals surface area contributed by atoms with Crippen molar-refractivity contribution >= 4 is 24.3 Å². The lowest BCUT2D eigenvalue weighted by molar-refractivity contribution is -0.144. The molecule has 0 aromatic heterocycles. The molecule has 84 valence electrons. The summed E-state index contributed by atoms with van der Waals surface area (Å²) in [4.78, 5) is 22.0. The molecule has 5 nitrogen and oxygen atoms in total. The zero-order valence-corrected chi connectivity index (χ0v) is 9.39. The summed E-state index contributed by atoms with van der Waals surface area (Å²) in [6.07, 6.45) is 0.541. The lowest BCUT2D eigenvalue weighted by atomic mass is 10.2. The Morgan fingerprint density at radius 1 is 1.50 bits per heavy atom. The molecule has 0 aliphatic rings. The summed E-state index contributed by atoms with van der Waals surface area (Å²) in [6, 6.07) is -1.21. The number of carbonyl (C=O) groups excluding carboxylic acids is 2. The summed E-state index contributed by atoms with van der Waals surface area (Å²) in [5, 5.41) is 2.44. The second kappa shape index (κ2) is 7.58. The molecule has 0 saturated carbocycles. The van der Waals surface area contributed by atoms with E-state index in [9.17, 15) is 9.59 Å². The number of hydrogen-bond acceptors (Lipinski definition) is 4. The predicted octanol–water partition coefficient (Wildman–Crippen LogP) is -0.177. The van der Waals surface area contributed by atoms with Gasteiger partial charge in [-0.25, -0.2) is 4.79 Å². The first-order chi connectivity index (χ1) is 6.02. The fourth-order valence-electron chi connectivity index (χ4n) is 0.742. The van der Waals surface area contributed by atoms with Gasteiger partial charge in [0.25, 0.3) is 0 Å². The van der Waals surface area contributed by atoms with Crippen molar-refractivity contribution in [3.63, 3.8) is 0 Å². The lowest BCUT2D eigenvalue weighted by Crippen LogP contribution is -2.47. The van der Waals surface area contributed by atoms with Crippen LogP contribution in [0.1, 0.15) is 20.3 Å². The van der Waals surface area contributed by atoms with Gasteiger partial charge in [-0.2, -0.15) is 0 Å². The summed E-state index contributed by atoms with van der Waals surface area (Å²) in [6.45, 7) is 3.35. The number of esters is 1. The highest BCUT2D eigenvalue weighted by Gasteiger charge is 2.18. The van der Waals surface area contributed by atoms with Crippen LogP contribution in [0.3, 0.4) is 0 Å². The van der Waals surface area contributed by atoms with Crippen LogP contribution in [0.15, 0.2) is 0 Å². The maximum atomic E-state index is 11.2. The monoisotopic (exact) mass is 224 g/mol. The minimum atomic E-state index is -0.643. The van der Waals surface area contributed by atoms with E-state index in [0.717, 1.165) is 0 Å². The number of halogens is 1. The molecule has 0 aliphatic carbocycles. The highest BCUT2D eigenvalue weighted by atomic mass is 35.5. The van der Waals surface area contributed by atoms with Crippen LogP contribution in [0, 0.1) is 0 Å². The zero-order valence-electron chi connectivity index (χ0n) is 8.57. The smallest absolute Gasteiger partial charge is 0.328 e. The molecule has 0 heterocycles. The number of nitrogens with one attached hydrogen (secondary N) is 1. The van der Waals surface area contributed by atoms with Crippen molar-refractivity contribution < 1.29 is 14.3 Å². The molecule has 0 aromatic rings. The summed E-state index contributed by atoms with van der Waals surface area (Å²) in [5.41, 5.74) is 5.44. The third kappa shape index (κ3) is 5.04. The van der Waals surface area contributed by atoms with E-state index in [2.05, 4.69) is 10.1 Å². The minimum absolute atomic E-state index is 0. The van der Waals surface area contributed by atoms with E-state index in [0.29, 0.717) is 6.42 Å². The first-order valence-electron chi connectivity index (χ1n) is 4.16. The molecule has 1 amide bonds. The Hall–Kier alpha value is -0.810. The number of carbonyl (C=O) groups is 2. The zero-order chi connectivity index (χ0) is 10.4. The van der Waals surface area contributed by atoms with Crippen LogP contribution in [-0.4, -0.2) is 31.1 Å². The van der Waals surface area contributed by atoms with E-state index in [1.807, 2.05) is 0 Å². The summed E-state index contributed by atoms with van der Waals surface area (Å²) in [7, 11) is 1.27. The molecule has 14 heavy (non-hydrogen) atoms. The molecule has 0 aromatic carbocycles. The van der Waals surface area contributed by atoms with Crippen LogP contribution in [0.4, 0.5) is 0 Å². The molecule has 2 unspecified atom stereocenters. The number of amides is 1. The van der Waals surface area contributed by atoms with Crippen molar-refractivity contribution in [1.82, 2.24) is 5.32 Å². The Morgan fingerprint density at radius 2 is 2.00 bits per heavy atom. The minimum Gasteiger partial charge on any atom is -0.467 e. The Balaban J connectivity index is 0. The van der Waals surface area contributed by atoms with Gasteiger partial charge in [0.05, 0.1) is 13.2 Å². The Morgan fingerprint density at radius 3 is 2.36 bits per heavy atom. The molecule has 0 fully saturated rings. The number of nitrogens with two attached hydrogens (primary N) is 1. The van der Waals surface area contributed by atoms with Gasteiger partial charge in [0.1, 0.15) is 6.04 Å². The van der Waals surface area contributed by atoms with E-state index in [1.54, 1.807) is 13.8 Å². The van der Waals surface area contributed by atoms with Crippen molar-refractivity contribution in [2.75, 3.05) is 7.11 Å². The van der Waals surface area contributed by atoms with Crippen LogP contribution in [-0.2, 0) is 14.3 Å². The molecule has 3 N–H and O–H groups in total. The Bertz CT molecular complexity index is 199. The van der Waals surface area contributed by atoms with Crippen molar-refractivity contribution in [3.8, 4) is 0 Å². The van der Waals surface area contributed by atoms with E-state index in [1.165, 1.54) is 7.11 Å². The number of methoxy groups -OCH3 is 1. The van der Waals surface area contributed by atoms with Crippen LogP contribution in [0.25, 0.3) is 0 Å². The third-order valence-corrected chi connectivity index (χ3v) is 1.69. The van der Waals surface area contributed by atoms with E-state index in [-0.39, 0.29) is 18.3 Å². The molecule has 0 saturated heterocycles. The fraction of sp³-hybridized carbons (Fsp3) is 0.750. The van der Waals surface area contributed by atoms with Gasteiger partial charge in [-0.15, -0.1) is 12.4 Å². The summed E-state index contributed by atoms with van der Waals surface area (Å²) in [5.74, 6) is -0.808. The molecule has 0 rings (SSSR count). The van der Waals surface area contributed by atoms with Gasteiger partial charge in [0, 0.05) is 0 Å². The number of rotatable bonds is 4. The second-order valence-corrected chi connectivity index (χ2v) is 2.77. The van der Waals surface area contributed by atoms with E-state index < -0.39 is 18.1 Å². The fourth-order valence-corrected chi connectivity index (χ4v) is 0.742. The lowest BCUT2D eigenvalue weighted by Gasteiger charge is -2.14. The topological polar surface area (TPSA) is 81.4 Å². The van der Waals surface area contributed by atoms with E-state index in [4.69, 9.17) is 5.73 Å². The van der Waals surface area contributed by atoms with Gasteiger partial charge >= 0.3 is 5.97 Å². The number of hydrogen-bond donors (Lipinski definition) is 2. The summed E-state index contributed by atoms with van der Waals surface area (Å²) < 4.78 is 4.43. The second-order valence-electron chi connectivity index (χ2n) is 2.77. The van der Waals surface area contributed by atoms with Crippen LogP contribution in [0.2, 0.25) is 0 Å². The maximum Gasteiger partial charge on any atom is 0.328 e. The standard InChI is InChI=1S/C8H16N2O3.ClH/c1-4-6(9)7(11)10-5(2)8(12)13-3;/h5-6H,4,9H2,1-3H3,(H,10,11);1H. The normalized spacial score (nSPS) is 13.4. The highest BCUT2D eigenvalue weighted by Crippen LogP contribution is 1.90. The van der Waals surface area contributed by atoms with Gasteiger partial charge < -0.3 is 15.8 Å². The maximum absolute atomic E-state index is 11.2. The third-order valence-electron chi connectivity index (χ3n) is 1.69. The van der Waals surface area contributed by atoms with Crippen LogP contribution >= 0.6 is 12.4 Å². The highest BCUT2D eigenvalue weighted by molar-refractivity contribution is 5.87. The van der Waals surface area contributed by atoms with Crippen molar-refractivity contribution in [2.45, 2.75) is 32.4 Å². The van der Waals surface area contributed by atoms with Crippen LogP contribution in [0.5, 0.6) is 0 Å². The van der Waals surface area contributed by atoms with Gasteiger partial charge in [-0.3, -0.25) is 4.79 Å². The molecular formula is C8H17ClN2O3. The van der Waals surface area contributed by atoms with Gasteiger partial charge in [0.15, 0.2) is 0 Å². The van der Waals surface area contributed by atoms with Crippen molar-refractivity contribution in [1.29, 1.82) is 0 Å². The summed E-state index contributed by atoms with van der Waals surface area (Å²) >= 11 is 0. The van der Waals surface area contributed by atoms with Crippen LogP contribution < -0.4 is 11.1 Å². The number of ether oxygens (including phenoxy) is 1. The Labute approximate surface area is 89.8 Å². The molecule has 6 heteroatoms. The van der Waals surface area contributed by atoms with Gasteiger partial charge in [-0.05, 0) is 13.3 Å². The van der Waals surface area contributed by atoms with Gasteiger partial charge in [0.2, 0.25) is 5.91 Å². The molecule has 0 spiro atoms. The quantitative estimate of drug-likeness (QED) is 0.650. The van der Waals surface area contributed by atoms with Gasteiger partial charge in [-0.1, -0.05) is 6.92 Å². The first kappa shape index (κ1) is 15.7. The molecule has 2 atom stereocenters. The molecule has 0 bridgehead atoms. The molecular weight excluding hydrogens is 208 g/mol. The predicted molar refractivity (Wildman–Crippen MR) is 55.1 cm³/mol. The van der Waals surface area contributed by atoms with Crippen molar-refractivity contribution in [2.24, 2.45) is 5.73 Å². The van der Waals surface area contributed by atoms with Crippen molar-refractivity contribution in [3.05, 3.63) is 0 Å². The average molecular weight is 225 g/mol. The Kier molecular flexibility index (Phi) is 8.48. The largest absolute Gasteiger partial charge is 0.467 e. The van der Waals surface area contributed by atoms with E-state index >= 15 is 0 Å². The molecule has 0 radical (unpaired) electrons. The molecule has 0 aliphatic heterocycles.